The number of benzene rings is 1. The molecule has 0 unspecified atom stereocenters. The number of hydrogen-bond acceptors (Lipinski definition) is 1. The van der Waals surface area contributed by atoms with Crippen LogP contribution < -0.4 is 0 Å². The zero-order chi connectivity index (χ0) is 10.9. The predicted molar refractivity (Wildman–Crippen MR) is 65.0 cm³/mol. The minimum atomic E-state index is 0.327. The fourth-order valence-electron chi connectivity index (χ4n) is 2.05. The third-order valence-electron chi connectivity index (χ3n) is 2.87. The van der Waals surface area contributed by atoms with Gasteiger partial charge in [-0.05, 0) is 30.7 Å². The smallest absolute Gasteiger partial charge is 0.0431 e. The Hall–Kier alpha value is -0.820. The Morgan fingerprint density at radius 3 is 2.40 bits per heavy atom. The highest BCUT2D eigenvalue weighted by Gasteiger charge is 2.09. The molecule has 1 aromatic rings. The Labute approximate surface area is 93.1 Å². The lowest BCUT2D eigenvalue weighted by atomic mass is 9.90. The van der Waals surface area contributed by atoms with Crippen molar-refractivity contribution in [1.29, 1.82) is 0 Å². The molecule has 15 heavy (non-hydrogen) atoms. The van der Waals surface area contributed by atoms with E-state index in [1.54, 1.807) is 0 Å². The quantitative estimate of drug-likeness (QED) is 0.674. The molecule has 0 aliphatic heterocycles. The van der Waals surface area contributed by atoms with Gasteiger partial charge in [0.1, 0.15) is 0 Å². The molecule has 0 aliphatic carbocycles. The van der Waals surface area contributed by atoms with E-state index in [9.17, 15) is 0 Å². The SMILES string of the molecule is CCC[C@H](CCCCO)c1ccccc1. The van der Waals surface area contributed by atoms with Gasteiger partial charge in [0.25, 0.3) is 0 Å². The summed E-state index contributed by atoms with van der Waals surface area (Å²) in [6.45, 7) is 2.57. The molecule has 0 fully saturated rings. The molecule has 0 bridgehead atoms. The van der Waals surface area contributed by atoms with Gasteiger partial charge >= 0.3 is 0 Å². The molecule has 0 saturated heterocycles. The Bertz CT molecular complexity index is 243. The molecule has 0 amide bonds. The van der Waals surface area contributed by atoms with Crippen molar-refractivity contribution >= 4 is 0 Å². The van der Waals surface area contributed by atoms with Crippen LogP contribution in [0.15, 0.2) is 30.3 Å². The fourth-order valence-corrected chi connectivity index (χ4v) is 2.05. The van der Waals surface area contributed by atoms with Crippen LogP contribution in [-0.2, 0) is 0 Å². The highest BCUT2D eigenvalue weighted by Crippen LogP contribution is 2.26. The van der Waals surface area contributed by atoms with E-state index in [1.165, 1.54) is 24.8 Å². The normalized spacial score (nSPS) is 12.7. The van der Waals surface area contributed by atoms with Crippen molar-refractivity contribution in [2.75, 3.05) is 6.61 Å². The minimum Gasteiger partial charge on any atom is -0.396 e. The van der Waals surface area contributed by atoms with Gasteiger partial charge < -0.3 is 5.11 Å². The van der Waals surface area contributed by atoms with E-state index in [1.807, 2.05) is 0 Å². The maximum atomic E-state index is 8.78. The second kappa shape index (κ2) is 7.47. The van der Waals surface area contributed by atoms with E-state index in [-0.39, 0.29) is 0 Å². The van der Waals surface area contributed by atoms with Crippen LogP contribution >= 0.6 is 0 Å². The first-order chi connectivity index (χ1) is 7.38. The third kappa shape index (κ3) is 4.48. The summed E-state index contributed by atoms with van der Waals surface area (Å²) in [5.41, 5.74) is 1.46. The van der Waals surface area contributed by atoms with Crippen LogP contribution in [0.5, 0.6) is 0 Å². The van der Waals surface area contributed by atoms with Gasteiger partial charge in [0, 0.05) is 6.61 Å². The van der Waals surface area contributed by atoms with E-state index in [0.717, 1.165) is 12.8 Å². The molecule has 0 aromatic heterocycles. The van der Waals surface area contributed by atoms with E-state index < -0.39 is 0 Å². The van der Waals surface area contributed by atoms with Crippen LogP contribution in [0.2, 0.25) is 0 Å². The maximum Gasteiger partial charge on any atom is 0.0431 e. The summed E-state index contributed by atoms with van der Waals surface area (Å²) in [5.74, 6) is 0.683. The topological polar surface area (TPSA) is 20.2 Å². The molecule has 0 spiro atoms. The maximum absolute atomic E-state index is 8.78. The number of hydrogen-bond donors (Lipinski definition) is 1. The van der Waals surface area contributed by atoms with Gasteiger partial charge in [-0.2, -0.15) is 0 Å². The highest BCUT2D eigenvalue weighted by molar-refractivity contribution is 5.19. The summed E-state index contributed by atoms with van der Waals surface area (Å²) in [6, 6.07) is 10.7. The number of rotatable bonds is 7. The Morgan fingerprint density at radius 2 is 1.80 bits per heavy atom. The Balaban J connectivity index is 2.50. The number of aliphatic hydroxyl groups excluding tert-OH is 1. The first-order valence-electron chi connectivity index (χ1n) is 6.04. The van der Waals surface area contributed by atoms with Gasteiger partial charge in [-0.3, -0.25) is 0 Å². The van der Waals surface area contributed by atoms with E-state index in [0.29, 0.717) is 12.5 Å². The van der Waals surface area contributed by atoms with Crippen molar-refractivity contribution in [3.8, 4) is 0 Å². The molecule has 0 heterocycles. The number of unbranched alkanes of at least 4 members (excludes halogenated alkanes) is 1. The zero-order valence-corrected chi connectivity index (χ0v) is 9.65. The average Bonchev–Trinajstić information content (AvgIpc) is 2.29. The molecular formula is C14H22O. The Kier molecular flexibility index (Phi) is 6.10. The predicted octanol–water partition coefficient (Wildman–Crippen LogP) is 3.73. The summed E-state index contributed by atoms with van der Waals surface area (Å²) >= 11 is 0. The Morgan fingerprint density at radius 1 is 1.07 bits per heavy atom. The van der Waals surface area contributed by atoms with Crippen LogP contribution in [0.3, 0.4) is 0 Å². The van der Waals surface area contributed by atoms with Crippen molar-refractivity contribution in [2.24, 2.45) is 0 Å². The summed E-state index contributed by atoms with van der Waals surface area (Å²) < 4.78 is 0. The average molecular weight is 206 g/mol. The molecule has 1 aromatic carbocycles. The summed E-state index contributed by atoms with van der Waals surface area (Å²) in [4.78, 5) is 0. The minimum absolute atomic E-state index is 0.327. The lowest BCUT2D eigenvalue weighted by molar-refractivity contribution is 0.280. The molecule has 1 rings (SSSR count). The monoisotopic (exact) mass is 206 g/mol. The molecule has 0 saturated carbocycles. The summed E-state index contributed by atoms with van der Waals surface area (Å²) in [5, 5.41) is 8.78. The van der Waals surface area contributed by atoms with Gasteiger partial charge in [0.2, 0.25) is 0 Å². The van der Waals surface area contributed by atoms with E-state index >= 15 is 0 Å². The molecule has 0 aliphatic rings. The molecule has 0 radical (unpaired) electrons. The van der Waals surface area contributed by atoms with Crippen LogP contribution in [0.1, 0.15) is 50.5 Å². The van der Waals surface area contributed by atoms with Gasteiger partial charge in [0.05, 0.1) is 0 Å². The van der Waals surface area contributed by atoms with Crippen LogP contribution in [0.25, 0.3) is 0 Å². The van der Waals surface area contributed by atoms with Crippen LogP contribution in [-0.4, -0.2) is 11.7 Å². The molecular weight excluding hydrogens is 184 g/mol. The second-order valence-corrected chi connectivity index (χ2v) is 4.12. The first kappa shape index (κ1) is 12.3. The zero-order valence-electron chi connectivity index (χ0n) is 9.65. The fraction of sp³-hybridized carbons (Fsp3) is 0.571. The van der Waals surface area contributed by atoms with Gasteiger partial charge in [-0.15, -0.1) is 0 Å². The highest BCUT2D eigenvalue weighted by atomic mass is 16.2. The molecule has 84 valence electrons. The largest absolute Gasteiger partial charge is 0.396 e. The first-order valence-corrected chi connectivity index (χ1v) is 6.04. The standard InChI is InChI=1S/C14H22O/c1-2-8-13(11-6-7-12-15)14-9-4-3-5-10-14/h3-5,9-10,13,15H,2,6-8,11-12H2,1H3/t13-/m1/s1. The van der Waals surface area contributed by atoms with Crippen molar-refractivity contribution in [3.05, 3.63) is 35.9 Å². The number of aliphatic hydroxyl groups is 1. The van der Waals surface area contributed by atoms with Gasteiger partial charge in [-0.1, -0.05) is 50.1 Å². The van der Waals surface area contributed by atoms with Crippen molar-refractivity contribution < 1.29 is 5.11 Å². The van der Waals surface area contributed by atoms with Crippen molar-refractivity contribution in [3.63, 3.8) is 0 Å². The lowest BCUT2D eigenvalue weighted by Crippen LogP contribution is -1.99. The van der Waals surface area contributed by atoms with E-state index in [2.05, 4.69) is 37.3 Å². The van der Waals surface area contributed by atoms with Gasteiger partial charge in [-0.25, -0.2) is 0 Å². The van der Waals surface area contributed by atoms with Crippen LogP contribution in [0, 0.1) is 0 Å². The van der Waals surface area contributed by atoms with Crippen molar-refractivity contribution in [2.45, 2.75) is 44.9 Å². The second-order valence-electron chi connectivity index (χ2n) is 4.12. The lowest BCUT2D eigenvalue weighted by Gasteiger charge is -2.16. The van der Waals surface area contributed by atoms with Crippen LogP contribution in [0.4, 0.5) is 0 Å². The summed E-state index contributed by atoms with van der Waals surface area (Å²) in [6.07, 6.45) is 5.77. The summed E-state index contributed by atoms with van der Waals surface area (Å²) in [7, 11) is 0. The van der Waals surface area contributed by atoms with Gasteiger partial charge in [0.15, 0.2) is 0 Å². The van der Waals surface area contributed by atoms with E-state index in [4.69, 9.17) is 5.11 Å². The molecule has 1 N–H and O–H groups in total. The molecule has 1 atom stereocenters. The third-order valence-corrected chi connectivity index (χ3v) is 2.87. The molecule has 1 nitrogen and oxygen atoms in total. The van der Waals surface area contributed by atoms with Crippen molar-refractivity contribution in [1.82, 2.24) is 0 Å². The molecule has 1 heteroatoms.